The number of nitro groups is 1. The molecular weight excluding hydrogens is 282 g/mol. The summed E-state index contributed by atoms with van der Waals surface area (Å²) in [4.78, 5) is 22.9. The molecule has 0 spiro atoms. The Bertz CT molecular complexity index is 837. The third kappa shape index (κ3) is 2.26. The fourth-order valence-corrected chi connectivity index (χ4v) is 2.65. The number of benzene rings is 2. The average molecular weight is 295 g/mol. The van der Waals surface area contributed by atoms with Crippen molar-refractivity contribution in [1.82, 2.24) is 0 Å². The van der Waals surface area contributed by atoms with Gasteiger partial charge in [-0.15, -0.1) is 0 Å². The third-order valence-corrected chi connectivity index (χ3v) is 3.83. The average Bonchev–Trinajstić information content (AvgIpc) is 2.79. The highest BCUT2D eigenvalue weighted by Gasteiger charge is 2.27. The number of hydrogen-bond donors (Lipinski definition) is 1. The van der Waals surface area contributed by atoms with E-state index in [0.29, 0.717) is 34.2 Å². The van der Waals surface area contributed by atoms with Crippen molar-refractivity contribution in [3.63, 3.8) is 0 Å². The molecule has 110 valence electrons. The van der Waals surface area contributed by atoms with E-state index in [-0.39, 0.29) is 17.2 Å². The highest BCUT2D eigenvalue weighted by molar-refractivity contribution is 6.16. The second kappa shape index (κ2) is 5.11. The zero-order chi connectivity index (χ0) is 15.9. The van der Waals surface area contributed by atoms with Gasteiger partial charge >= 0.3 is 0 Å². The Kier molecular flexibility index (Phi) is 3.25. The van der Waals surface area contributed by atoms with Crippen LogP contribution in [0.1, 0.15) is 27.0 Å². The molecule has 0 radical (unpaired) electrons. The molecule has 5 heteroatoms. The number of phenolic OH excluding ortho intramolecular Hbond substituents is 1. The lowest BCUT2D eigenvalue weighted by atomic mass is 10.1. The minimum Gasteiger partial charge on any atom is -0.508 e. The number of ketones is 1. The number of hydrogen-bond acceptors (Lipinski definition) is 4. The molecular formula is C17H13NO4. The Hall–Kier alpha value is -2.95. The Morgan fingerprint density at radius 1 is 1.27 bits per heavy atom. The lowest BCUT2D eigenvalue weighted by Gasteiger charge is -2.00. The molecule has 3 rings (SSSR count). The lowest BCUT2D eigenvalue weighted by molar-refractivity contribution is -0.385. The lowest BCUT2D eigenvalue weighted by Crippen LogP contribution is -1.96. The quantitative estimate of drug-likeness (QED) is 0.523. The highest BCUT2D eigenvalue weighted by Crippen LogP contribution is 2.34. The molecule has 0 bridgehead atoms. The molecule has 0 saturated carbocycles. The first kappa shape index (κ1) is 14.0. The number of rotatable bonds is 2. The highest BCUT2D eigenvalue weighted by atomic mass is 16.6. The van der Waals surface area contributed by atoms with Crippen LogP contribution in [0.15, 0.2) is 42.0 Å². The van der Waals surface area contributed by atoms with Crippen LogP contribution in [-0.4, -0.2) is 15.8 Å². The van der Waals surface area contributed by atoms with Crippen LogP contribution in [-0.2, 0) is 6.42 Å². The number of aromatic hydroxyl groups is 1. The molecule has 2 aromatic rings. The van der Waals surface area contributed by atoms with Gasteiger partial charge < -0.3 is 5.11 Å². The monoisotopic (exact) mass is 295 g/mol. The minimum atomic E-state index is -0.436. The van der Waals surface area contributed by atoms with E-state index in [2.05, 4.69) is 0 Å². The molecule has 0 aromatic heterocycles. The predicted molar refractivity (Wildman–Crippen MR) is 82.0 cm³/mol. The van der Waals surface area contributed by atoms with Gasteiger partial charge in [-0.25, -0.2) is 0 Å². The molecule has 0 saturated heterocycles. The van der Waals surface area contributed by atoms with Crippen LogP contribution in [0.5, 0.6) is 5.75 Å². The summed E-state index contributed by atoms with van der Waals surface area (Å²) in [6, 6.07) is 9.71. The molecule has 0 heterocycles. The Morgan fingerprint density at radius 3 is 2.73 bits per heavy atom. The van der Waals surface area contributed by atoms with Gasteiger partial charge in [0, 0.05) is 34.8 Å². The Balaban J connectivity index is 2.02. The maximum absolute atomic E-state index is 12.3. The van der Waals surface area contributed by atoms with Crippen molar-refractivity contribution in [3.8, 4) is 5.75 Å². The van der Waals surface area contributed by atoms with Crippen LogP contribution >= 0.6 is 0 Å². The standard InChI is InChI=1S/C17H13NO4/c1-10-5-6-11(8-15(10)18(21)22)7-12-9-14-13(17(12)20)3-2-4-16(14)19/h2-8,19H,9H2,1H3/b12-7+. The van der Waals surface area contributed by atoms with Gasteiger partial charge in [0.05, 0.1) is 4.92 Å². The summed E-state index contributed by atoms with van der Waals surface area (Å²) >= 11 is 0. The van der Waals surface area contributed by atoms with Gasteiger partial charge in [-0.3, -0.25) is 14.9 Å². The maximum atomic E-state index is 12.3. The van der Waals surface area contributed by atoms with Crippen molar-refractivity contribution in [1.29, 1.82) is 0 Å². The zero-order valence-electron chi connectivity index (χ0n) is 11.9. The molecule has 0 atom stereocenters. The second-order valence-electron chi connectivity index (χ2n) is 5.28. The van der Waals surface area contributed by atoms with Gasteiger partial charge in [0.25, 0.3) is 5.69 Å². The first-order valence-corrected chi connectivity index (χ1v) is 6.78. The van der Waals surface area contributed by atoms with Crippen LogP contribution in [0, 0.1) is 17.0 Å². The van der Waals surface area contributed by atoms with E-state index in [4.69, 9.17) is 0 Å². The van der Waals surface area contributed by atoms with E-state index in [1.54, 1.807) is 43.3 Å². The molecule has 22 heavy (non-hydrogen) atoms. The van der Waals surface area contributed by atoms with Crippen molar-refractivity contribution in [2.45, 2.75) is 13.3 Å². The zero-order valence-corrected chi connectivity index (χ0v) is 11.9. The van der Waals surface area contributed by atoms with Gasteiger partial charge in [0.2, 0.25) is 0 Å². The van der Waals surface area contributed by atoms with Crippen LogP contribution < -0.4 is 0 Å². The second-order valence-corrected chi connectivity index (χ2v) is 5.28. The van der Waals surface area contributed by atoms with Crippen LogP contribution in [0.25, 0.3) is 6.08 Å². The summed E-state index contributed by atoms with van der Waals surface area (Å²) in [7, 11) is 0. The fraction of sp³-hybridized carbons (Fsp3) is 0.118. The molecule has 5 nitrogen and oxygen atoms in total. The van der Waals surface area contributed by atoms with E-state index in [1.165, 1.54) is 6.07 Å². The van der Waals surface area contributed by atoms with Crippen molar-refractivity contribution < 1.29 is 14.8 Å². The third-order valence-electron chi connectivity index (χ3n) is 3.83. The number of fused-ring (bicyclic) bond motifs is 1. The van der Waals surface area contributed by atoms with Crippen molar-refractivity contribution >= 4 is 17.5 Å². The number of aryl methyl sites for hydroxylation is 1. The van der Waals surface area contributed by atoms with E-state index in [0.717, 1.165) is 0 Å². The predicted octanol–water partition coefficient (Wildman–Crippen LogP) is 3.43. The fourth-order valence-electron chi connectivity index (χ4n) is 2.65. The number of carbonyl (C=O) groups excluding carboxylic acids is 1. The van der Waals surface area contributed by atoms with E-state index in [9.17, 15) is 20.0 Å². The van der Waals surface area contributed by atoms with Gasteiger partial charge in [0.15, 0.2) is 5.78 Å². The molecule has 1 aliphatic carbocycles. The van der Waals surface area contributed by atoms with Gasteiger partial charge in [-0.1, -0.05) is 24.3 Å². The SMILES string of the molecule is Cc1ccc(/C=C2\Cc3c(O)cccc3C2=O)cc1[N+](=O)[O-]. The summed E-state index contributed by atoms with van der Waals surface area (Å²) in [5, 5.41) is 20.8. The molecule has 2 aromatic carbocycles. The maximum Gasteiger partial charge on any atom is 0.272 e. The Labute approximate surface area is 126 Å². The number of nitro benzene ring substituents is 1. The van der Waals surface area contributed by atoms with Crippen LogP contribution in [0.3, 0.4) is 0 Å². The molecule has 0 aliphatic heterocycles. The van der Waals surface area contributed by atoms with Crippen LogP contribution in [0.2, 0.25) is 0 Å². The Morgan fingerprint density at radius 2 is 2.05 bits per heavy atom. The number of phenols is 1. The first-order valence-electron chi connectivity index (χ1n) is 6.78. The normalized spacial score (nSPS) is 15.1. The number of nitrogens with zero attached hydrogens (tertiary/aromatic N) is 1. The van der Waals surface area contributed by atoms with E-state index < -0.39 is 4.92 Å². The van der Waals surface area contributed by atoms with E-state index in [1.807, 2.05) is 0 Å². The largest absolute Gasteiger partial charge is 0.508 e. The molecule has 1 aliphatic rings. The number of carbonyl (C=O) groups is 1. The number of allylic oxidation sites excluding steroid dienone is 1. The summed E-state index contributed by atoms with van der Waals surface area (Å²) in [5.41, 5.74) is 2.84. The molecule has 0 fully saturated rings. The molecule has 1 N–H and O–H groups in total. The molecule has 0 unspecified atom stereocenters. The van der Waals surface area contributed by atoms with Crippen molar-refractivity contribution in [2.24, 2.45) is 0 Å². The van der Waals surface area contributed by atoms with E-state index >= 15 is 0 Å². The first-order chi connectivity index (χ1) is 10.5. The topological polar surface area (TPSA) is 80.4 Å². The number of Topliss-reactive ketones (excluding diaryl/α,β-unsaturated/α-hetero) is 1. The summed E-state index contributed by atoms with van der Waals surface area (Å²) in [5.74, 6) is -0.0433. The van der Waals surface area contributed by atoms with Crippen molar-refractivity contribution in [3.05, 3.63) is 74.3 Å². The summed E-state index contributed by atoms with van der Waals surface area (Å²) < 4.78 is 0. The van der Waals surface area contributed by atoms with Gasteiger partial charge in [0.1, 0.15) is 5.75 Å². The van der Waals surface area contributed by atoms with Crippen LogP contribution in [0.4, 0.5) is 5.69 Å². The summed E-state index contributed by atoms with van der Waals surface area (Å²) in [6.07, 6.45) is 1.98. The minimum absolute atomic E-state index is 0.0279. The van der Waals surface area contributed by atoms with Crippen molar-refractivity contribution in [2.75, 3.05) is 0 Å². The summed E-state index contributed by atoms with van der Waals surface area (Å²) in [6.45, 7) is 1.67. The van der Waals surface area contributed by atoms with Gasteiger partial charge in [-0.05, 0) is 24.6 Å². The smallest absolute Gasteiger partial charge is 0.272 e. The van der Waals surface area contributed by atoms with Gasteiger partial charge in [-0.2, -0.15) is 0 Å². The molecule has 0 amide bonds.